The van der Waals surface area contributed by atoms with E-state index in [1.165, 1.54) is 0 Å². The first-order valence-electron chi connectivity index (χ1n) is 17.0. The number of carbonyl (C=O) groups excluding carboxylic acids is 1. The van der Waals surface area contributed by atoms with E-state index in [0.717, 1.165) is 53.4 Å². The predicted octanol–water partition coefficient (Wildman–Crippen LogP) is 5.91. The van der Waals surface area contributed by atoms with Gasteiger partial charge in [-0.05, 0) is 61.8 Å². The van der Waals surface area contributed by atoms with Gasteiger partial charge in [-0.2, -0.15) is 0 Å². The van der Waals surface area contributed by atoms with Crippen molar-refractivity contribution in [3.63, 3.8) is 0 Å². The third kappa shape index (κ3) is 5.25. The Morgan fingerprint density at radius 2 is 1.81 bits per heavy atom. The fourth-order valence-electron chi connectivity index (χ4n) is 8.17. The quantitative estimate of drug-likeness (QED) is 0.241. The lowest BCUT2D eigenvalue weighted by molar-refractivity contribution is -0.138. The number of carboxylic acids is 1. The molecule has 5 aromatic rings. The Morgan fingerprint density at radius 3 is 2.66 bits per heavy atom. The molecule has 0 spiro atoms. The highest BCUT2D eigenvalue weighted by Gasteiger charge is 2.41. The van der Waals surface area contributed by atoms with Crippen LogP contribution in [0.5, 0.6) is 0 Å². The molecule has 4 aliphatic heterocycles. The molecule has 9 rings (SSSR count). The maximum Gasteiger partial charge on any atom is 0.326 e. The zero-order valence-electron chi connectivity index (χ0n) is 27.0. The summed E-state index contributed by atoms with van der Waals surface area (Å²) in [5.74, 6) is 1.63. The number of hydrogen-bond donors (Lipinski definition) is 1. The second kappa shape index (κ2) is 11.8. The minimum Gasteiger partial charge on any atom is -0.480 e. The van der Waals surface area contributed by atoms with Gasteiger partial charge >= 0.3 is 12.0 Å². The second-order valence-corrected chi connectivity index (χ2v) is 13.7. The van der Waals surface area contributed by atoms with Crippen molar-refractivity contribution in [1.29, 1.82) is 0 Å². The zero-order valence-corrected chi connectivity index (χ0v) is 27.0. The largest absolute Gasteiger partial charge is 0.480 e. The number of furan rings is 1. The fraction of sp³-hybridized carbons (Fsp3) is 0.472. The van der Waals surface area contributed by atoms with Crippen LogP contribution < -0.4 is 4.90 Å². The normalized spacial score (nSPS) is 24.4. The van der Waals surface area contributed by atoms with Crippen LogP contribution in [0.25, 0.3) is 33.1 Å². The molecule has 0 radical (unpaired) electrons. The number of piperidine rings is 1. The van der Waals surface area contributed by atoms with Crippen molar-refractivity contribution in [1.82, 2.24) is 29.3 Å². The molecule has 1 N–H and O–H groups in total. The number of rotatable bonds is 1. The Kier molecular flexibility index (Phi) is 7.49. The molecular weight excluding hydrogens is 594 g/mol. The number of nitrogens with zero attached hydrogens (tertiary/aromatic N) is 7. The number of amides is 2. The average molecular weight is 636 g/mol. The molecule has 244 valence electrons. The van der Waals surface area contributed by atoms with Crippen LogP contribution >= 0.6 is 0 Å². The summed E-state index contributed by atoms with van der Waals surface area (Å²) in [6, 6.07) is 15.6. The van der Waals surface area contributed by atoms with Gasteiger partial charge in [0.25, 0.3) is 0 Å². The maximum absolute atomic E-state index is 13.5. The van der Waals surface area contributed by atoms with Gasteiger partial charge in [-0.1, -0.05) is 37.6 Å². The predicted molar refractivity (Wildman–Crippen MR) is 180 cm³/mol. The Balaban J connectivity index is 1.23. The van der Waals surface area contributed by atoms with Gasteiger partial charge in [0.15, 0.2) is 11.4 Å². The van der Waals surface area contributed by atoms with E-state index in [9.17, 15) is 14.7 Å². The molecule has 3 aromatic heterocycles. The summed E-state index contributed by atoms with van der Waals surface area (Å²) in [5.41, 5.74) is 4.01. The number of aryl methyl sites for hydroxylation is 1. The third-order valence-corrected chi connectivity index (χ3v) is 10.5. The topological polar surface area (TPSA) is 121 Å². The minimum atomic E-state index is -0.862. The smallest absolute Gasteiger partial charge is 0.326 e. The Hall–Kier alpha value is -4.67. The molecule has 2 aromatic carbocycles. The Morgan fingerprint density at radius 1 is 0.979 bits per heavy atom. The van der Waals surface area contributed by atoms with Crippen LogP contribution in [0.2, 0.25) is 0 Å². The van der Waals surface area contributed by atoms with Crippen molar-refractivity contribution in [3.05, 3.63) is 60.2 Å². The Labute approximate surface area is 273 Å². The summed E-state index contributed by atoms with van der Waals surface area (Å²) < 4.78 is 8.74. The summed E-state index contributed by atoms with van der Waals surface area (Å²) in [6.45, 7) is 4.84. The highest BCUT2D eigenvalue weighted by Crippen LogP contribution is 2.39. The number of aliphatic carboxylic acids is 1. The summed E-state index contributed by atoms with van der Waals surface area (Å²) >= 11 is 0. The van der Waals surface area contributed by atoms with Crippen LogP contribution in [0, 0.1) is 11.8 Å². The molecule has 1 unspecified atom stereocenters. The number of carbonyl (C=O) groups is 2. The van der Waals surface area contributed by atoms with Crippen molar-refractivity contribution < 1.29 is 19.1 Å². The molecule has 0 saturated carbocycles. The molecule has 47 heavy (non-hydrogen) atoms. The molecule has 7 heterocycles. The first-order chi connectivity index (χ1) is 22.9. The van der Waals surface area contributed by atoms with Crippen LogP contribution in [0.15, 0.2) is 52.9 Å². The molecule has 4 aliphatic rings. The van der Waals surface area contributed by atoms with Crippen LogP contribution in [0.4, 0.5) is 10.6 Å². The van der Waals surface area contributed by atoms with Gasteiger partial charge in [0.2, 0.25) is 0 Å². The first-order valence-corrected chi connectivity index (χ1v) is 17.0. The van der Waals surface area contributed by atoms with E-state index < -0.39 is 12.0 Å². The number of imidazole rings is 1. The second-order valence-electron chi connectivity index (χ2n) is 13.7. The van der Waals surface area contributed by atoms with E-state index in [2.05, 4.69) is 29.7 Å². The average Bonchev–Trinajstić information content (AvgIpc) is 3.77. The van der Waals surface area contributed by atoms with E-state index in [1.807, 2.05) is 52.1 Å². The van der Waals surface area contributed by atoms with E-state index in [0.29, 0.717) is 68.2 Å². The molecule has 11 nitrogen and oxygen atoms in total. The van der Waals surface area contributed by atoms with Crippen molar-refractivity contribution in [2.24, 2.45) is 11.8 Å². The number of benzene rings is 2. The van der Waals surface area contributed by atoms with Crippen molar-refractivity contribution in [2.45, 2.75) is 64.0 Å². The molecule has 2 fully saturated rings. The van der Waals surface area contributed by atoms with E-state index in [-0.39, 0.29) is 23.9 Å². The monoisotopic (exact) mass is 635 g/mol. The van der Waals surface area contributed by atoms with Crippen molar-refractivity contribution in [3.8, 4) is 0 Å². The molecule has 2 amide bonds. The van der Waals surface area contributed by atoms with Gasteiger partial charge in [-0.15, -0.1) is 0 Å². The number of anilines is 1. The zero-order chi connectivity index (χ0) is 32.2. The molecule has 4 atom stereocenters. The lowest BCUT2D eigenvalue weighted by atomic mass is 9.92. The summed E-state index contributed by atoms with van der Waals surface area (Å²) in [4.78, 5) is 47.2. The number of urea groups is 1. The third-order valence-electron chi connectivity index (χ3n) is 10.5. The van der Waals surface area contributed by atoms with Crippen molar-refractivity contribution in [2.75, 3.05) is 38.1 Å². The molecule has 2 saturated heterocycles. The molecule has 11 heteroatoms. The minimum absolute atomic E-state index is 0.0423. The van der Waals surface area contributed by atoms with Gasteiger partial charge in [0.1, 0.15) is 28.8 Å². The van der Waals surface area contributed by atoms with Crippen LogP contribution in [0.3, 0.4) is 0 Å². The van der Waals surface area contributed by atoms with Crippen LogP contribution in [-0.2, 0) is 17.6 Å². The van der Waals surface area contributed by atoms with E-state index >= 15 is 0 Å². The molecule has 0 aliphatic carbocycles. The van der Waals surface area contributed by atoms with Gasteiger partial charge in [-0.25, -0.2) is 24.5 Å². The van der Waals surface area contributed by atoms with Gasteiger partial charge in [0, 0.05) is 57.5 Å². The summed E-state index contributed by atoms with van der Waals surface area (Å²) in [7, 11) is 1.91. The van der Waals surface area contributed by atoms with E-state index in [1.54, 1.807) is 0 Å². The van der Waals surface area contributed by atoms with Crippen LogP contribution in [0.1, 0.15) is 56.7 Å². The van der Waals surface area contributed by atoms with Gasteiger partial charge in [-0.3, -0.25) is 0 Å². The number of aromatic nitrogens is 4. The lowest BCUT2D eigenvalue weighted by Crippen LogP contribution is -2.48. The van der Waals surface area contributed by atoms with Crippen LogP contribution in [-0.4, -0.2) is 85.7 Å². The number of fused-ring (bicyclic) bond motifs is 12. The first kappa shape index (κ1) is 29.7. The van der Waals surface area contributed by atoms with Gasteiger partial charge < -0.3 is 28.8 Å². The molecular formula is C36H41N7O4. The molecule has 6 bridgehead atoms. The number of hydrogen-bond acceptors (Lipinski definition) is 7. The fourth-order valence-corrected chi connectivity index (χ4v) is 8.17. The highest BCUT2D eigenvalue weighted by molar-refractivity contribution is 6.06. The van der Waals surface area contributed by atoms with Gasteiger partial charge in [0.05, 0.1) is 11.0 Å². The standard InChI is InChI=1S/C36H41N7O4/c1-22-20-41-17-15-26(22)43-27-12-7-6-11-25(27)37-31(43)19-23-18-28(35(44)45)42(21-23)34-33-32(24-10-5-8-13-29(24)47-33)38-30(39-34)14-4-3-9-16-40(2)36(41)46/h5-8,10-13,22-23,26,28H,3-4,9,14-21H2,1-2H3,(H,44,45)/t22-,23?,26-,28-/m0/s1. The number of carboxylic acid groups (broad SMARTS) is 1. The van der Waals surface area contributed by atoms with Crippen molar-refractivity contribution >= 4 is 50.9 Å². The lowest BCUT2D eigenvalue weighted by Gasteiger charge is -2.40. The summed E-state index contributed by atoms with van der Waals surface area (Å²) in [5, 5.41) is 11.4. The SMILES string of the molecule is C[C@H]1CN2CC[C@@H]1n1c(nc3ccccc31)CC1C[C@@H](C(=O)O)N(C1)c1nc(nc3c1oc1ccccc13)CCCCCN(C)C2=O. The summed E-state index contributed by atoms with van der Waals surface area (Å²) in [6.07, 6.45) is 5.31. The highest BCUT2D eigenvalue weighted by atomic mass is 16.4. The Bertz CT molecular complexity index is 1980. The van der Waals surface area contributed by atoms with E-state index in [4.69, 9.17) is 19.4 Å². The number of para-hydroxylation sites is 3. The maximum atomic E-state index is 13.5.